The number of amides is 1. The summed E-state index contributed by atoms with van der Waals surface area (Å²) in [7, 11) is 0. The van der Waals surface area contributed by atoms with E-state index >= 15 is 0 Å². The van der Waals surface area contributed by atoms with Crippen LogP contribution in [0.25, 0.3) is 11.1 Å². The zero-order valence-electron chi connectivity index (χ0n) is 22.1. The largest absolute Gasteiger partial charge is 0.491 e. The second-order valence-corrected chi connectivity index (χ2v) is 9.71. The van der Waals surface area contributed by atoms with Gasteiger partial charge < -0.3 is 20.5 Å². The smallest absolute Gasteiger partial charge is 0.416 e. The Hall–Kier alpha value is -4.22. The summed E-state index contributed by atoms with van der Waals surface area (Å²) in [4.78, 5) is 22.7. The highest BCUT2D eigenvalue weighted by atomic mass is 19.4. The number of alkyl halides is 3. The van der Waals surface area contributed by atoms with Gasteiger partial charge in [0, 0.05) is 35.5 Å². The Kier molecular flexibility index (Phi) is 10.3. The molecule has 0 fully saturated rings. The molecule has 1 amide bonds. The first-order valence-electron chi connectivity index (χ1n) is 12.6. The van der Waals surface area contributed by atoms with Crippen LogP contribution in [-0.4, -0.2) is 36.2 Å². The van der Waals surface area contributed by atoms with E-state index in [0.717, 1.165) is 12.1 Å². The van der Waals surface area contributed by atoms with Crippen LogP contribution in [0.1, 0.15) is 42.6 Å². The summed E-state index contributed by atoms with van der Waals surface area (Å²) in [6.45, 7) is 3.89. The molecule has 220 valence electrons. The normalized spacial score (nSPS) is 12.2. The third-order valence-electron chi connectivity index (χ3n) is 5.93. The Balaban J connectivity index is 1.70. The summed E-state index contributed by atoms with van der Waals surface area (Å²) >= 11 is 0. The summed E-state index contributed by atoms with van der Waals surface area (Å²) in [6, 6.07) is 9.13. The molecule has 12 heteroatoms. The van der Waals surface area contributed by atoms with Gasteiger partial charge in [-0.3, -0.25) is 9.59 Å². The van der Waals surface area contributed by atoms with Gasteiger partial charge in [0.25, 0.3) is 5.91 Å². The molecular weight excluding hydrogens is 554 g/mol. The Labute approximate surface area is 232 Å². The third kappa shape index (κ3) is 8.89. The minimum Gasteiger partial charge on any atom is -0.491 e. The minimum absolute atomic E-state index is 0.0105. The molecule has 0 aliphatic carbocycles. The number of anilines is 1. The van der Waals surface area contributed by atoms with Crippen LogP contribution < -0.4 is 15.4 Å². The van der Waals surface area contributed by atoms with E-state index in [2.05, 4.69) is 10.6 Å². The maximum atomic E-state index is 14.8. The van der Waals surface area contributed by atoms with E-state index < -0.39 is 52.2 Å². The van der Waals surface area contributed by atoms with Crippen LogP contribution in [0.3, 0.4) is 0 Å². The number of carboxylic acid groups (broad SMARTS) is 1. The molecule has 3 N–H and O–H groups in total. The predicted molar refractivity (Wildman–Crippen MR) is 140 cm³/mol. The lowest BCUT2D eigenvalue weighted by Crippen LogP contribution is -2.29. The number of ether oxygens (including phenoxy) is 1. The van der Waals surface area contributed by atoms with Crippen LogP contribution in [0.15, 0.2) is 54.6 Å². The average molecular weight is 583 g/mol. The number of carbonyl (C=O) groups excluding carboxylic acids is 1. The average Bonchev–Trinajstić information content (AvgIpc) is 2.87. The fourth-order valence-electron chi connectivity index (χ4n) is 4.06. The minimum atomic E-state index is -4.81. The van der Waals surface area contributed by atoms with Gasteiger partial charge in [0.2, 0.25) is 0 Å². The SMILES string of the molecule is CC(C)CC(COc1cc(F)c(-c2ccc(C(F)(F)F)cc2F)c(F)c1)Nc1ccc(C(=O)NCCC(=O)O)cc1. The lowest BCUT2D eigenvalue weighted by Gasteiger charge is -2.22. The van der Waals surface area contributed by atoms with Crippen LogP contribution in [0.2, 0.25) is 0 Å². The standard InChI is InChI=1S/C29H28F6N2O4/c1-16(2)11-20(37-19-6-3-17(4-7-19)28(40)36-10-9-26(38)39)15-41-21-13-24(31)27(25(32)14-21)22-8-5-18(12-23(22)30)29(33,34)35/h3-8,12-14,16,20,37H,9-11,15H2,1-2H3,(H,36,40)(H,38,39). The molecule has 1 unspecified atom stereocenters. The van der Waals surface area contributed by atoms with E-state index in [-0.39, 0.29) is 43.3 Å². The van der Waals surface area contributed by atoms with E-state index in [1.165, 1.54) is 0 Å². The van der Waals surface area contributed by atoms with Gasteiger partial charge in [-0.15, -0.1) is 0 Å². The van der Waals surface area contributed by atoms with Crippen LogP contribution in [-0.2, 0) is 11.0 Å². The molecule has 41 heavy (non-hydrogen) atoms. The lowest BCUT2D eigenvalue weighted by atomic mass is 10.0. The third-order valence-corrected chi connectivity index (χ3v) is 5.93. The number of benzene rings is 3. The fraction of sp³-hybridized carbons (Fsp3) is 0.310. The number of nitrogens with one attached hydrogen (secondary N) is 2. The van der Waals surface area contributed by atoms with Gasteiger partial charge >= 0.3 is 12.1 Å². The molecule has 0 heterocycles. The highest BCUT2D eigenvalue weighted by Crippen LogP contribution is 2.35. The van der Waals surface area contributed by atoms with Crippen LogP contribution >= 0.6 is 0 Å². The lowest BCUT2D eigenvalue weighted by molar-refractivity contribution is -0.138. The van der Waals surface area contributed by atoms with Crippen molar-refractivity contribution in [3.05, 3.63) is 83.2 Å². The van der Waals surface area contributed by atoms with Gasteiger partial charge in [0.1, 0.15) is 29.8 Å². The zero-order chi connectivity index (χ0) is 30.3. The molecule has 0 spiro atoms. The van der Waals surface area contributed by atoms with Gasteiger partial charge in [-0.2, -0.15) is 13.2 Å². The number of carboxylic acids is 1. The number of halogens is 6. The van der Waals surface area contributed by atoms with E-state index in [1.807, 2.05) is 13.8 Å². The van der Waals surface area contributed by atoms with Gasteiger partial charge in [-0.25, -0.2) is 13.2 Å². The molecule has 0 aromatic heterocycles. The van der Waals surface area contributed by atoms with Crippen molar-refractivity contribution < 1.29 is 45.8 Å². The molecule has 0 aliphatic rings. The van der Waals surface area contributed by atoms with Crippen molar-refractivity contribution >= 4 is 17.6 Å². The molecule has 0 saturated heterocycles. The van der Waals surface area contributed by atoms with Crippen molar-refractivity contribution in [2.24, 2.45) is 5.92 Å². The van der Waals surface area contributed by atoms with E-state index in [1.54, 1.807) is 24.3 Å². The van der Waals surface area contributed by atoms with Gasteiger partial charge in [0.05, 0.1) is 23.6 Å². The van der Waals surface area contributed by atoms with Crippen LogP contribution in [0.4, 0.5) is 32.0 Å². The molecule has 3 aromatic rings. The molecule has 3 aromatic carbocycles. The number of aliphatic carboxylic acids is 1. The molecule has 0 saturated carbocycles. The van der Waals surface area contributed by atoms with Crippen molar-refractivity contribution in [3.8, 4) is 16.9 Å². The zero-order valence-corrected chi connectivity index (χ0v) is 22.1. The Morgan fingerprint density at radius 3 is 2.10 bits per heavy atom. The van der Waals surface area contributed by atoms with Crippen molar-refractivity contribution in [1.29, 1.82) is 0 Å². The summed E-state index contributed by atoms with van der Waals surface area (Å²) in [5.74, 6) is -5.28. The molecule has 0 radical (unpaired) electrons. The van der Waals surface area contributed by atoms with Gasteiger partial charge in [-0.05, 0) is 48.7 Å². The molecule has 3 rings (SSSR count). The summed E-state index contributed by atoms with van der Waals surface area (Å²) in [6.07, 6.45) is -4.42. The first-order chi connectivity index (χ1) is 19.2. The van der Waals surface area contributed by atoms with E-state index in [0.29, 0.717) is 29.8 Å². The van der Waals surface area contributed by atoms with Crippen molar-refractivity contribution in [3.63, 3.8) is 0 Å². The van der Waals surface area contributed by atoms with Gasteiger partial charge in [0.15, 0.2) is 0 Å². The quantitative estimate of drug-likeness (QED) is 0.202. The van der Waals surface area contributed by atoms with Crippen molar-refractivity contribution in [2.75, 3.05) is 18.5 Å². The van der Waals surface area contributed by atoms with Crippen molar-refractivity contribution in [2.45, 2.75) is 38.9 Å². The number of rotatable bonds is 12. The topological polar surface area (TPSA) is 87.7 Å². The monoisotopic (exact) mass is 582 g/mol. The van der Waals surface area contributed by atoms with Crippen LogP contribution in [0.5, 0.6) is 5.75 Å². The maximum absolute atomic E-state index is 14.8. The summed E-state index contributed by atoms with van der Waals surface area (Å²) < 4.78 is 88.1. The first kappa shape index (κ1) is 31.3. The number of carbonyl (C=O) groups is 2. The molecule has 0 aliphatic heterocycles. The van der Waals surface area contributed by atoms with Gasteiger partial charge in [-0.1, -0.05) is 19.9 Å². The molecule has 0 bridgehead atoms. The second-order valence-electron chi connectivity index (χ2n) is 9.71. The Morgan fingerprint density at radius 1 is 0.927 bits per heavy atom. The molecule has 1 atom stereocenters. The number of hydrogen-bond donors (Lipinski definition) is 3. The highest BCUT2D eigenvalue weighted by molar-refractivity contribution is 5.94. The second kappa shape index (κ2) is 13.4. The fourth-order valence-corrected chi connectivity index (χ4v) is 4.06. The first-order valence-corrected chi connectivity index (χ1v) is 12.6. The maximum Gasteiger partial charge on any atom is 0.416 e. The molecule has 6 nitrogen and oxygen atoms in total. The van der Waals surface area contributed by atoms with E-state index in [9.17, 15) is 35.9 Å². The highest BCUT2D eigenvalue weighted by Gasteiger charge is 2.32. The predicted octanol–water partition coefficient (Wildman–Crippen LogP) is 6.90. The Morgan fingerprint density at radius 2 is 1.56 bits per heavy atom. The van der Waals surface area contributed by atoms with E-state index in [4.69, 9.17) is 9.84 Å². The molecular formula is C29H28F6N2O4. The number of hydrogen-bond acceptors (Lipinski definition) is 4. The van der Waals surface area contributed by atoms with Crippen molar-refractivity contribution in [1.82, 2.24) is 5.32 Å². The summed E-state index contributed by atoms with van der Waals surface area (Å²) in [5.41, 5.74) is -1.79. The van der Waals surface area contributed by atoms with Crippen LogP contribution in [0, 0.1) is 23.4 Å². The Bertz CT molecular complexity index is 1350. The summed E-state index contributed by atoms with van der Waals surface area (Å²) in [5, 5.41) is 14.4.